The molecule has 2 rings (SSSR count). The summed E-state index contributed by atoms with van der Waals surface area (Å²) >= 11 is 1.22. The van der Waals surface area contributed by atoms with E-state index in [9.17, 15) is 15.0 Å². The maximum absolute atomic E-state index is 11.8. The molecule has 1 amide bonds. The van der Waals surface area contributed by atoms with E-state index in [1.165, 1.54) is 29.5 Å². The van der Waals surface area contributed by atoms with Gasteiger partial charge in [0.1, 0.15) is 5.01 Å². The molecule has 2 aromatic rings. The summed E-state index contributed by atoms with van der Waals surface area (Å²) in [6, 6.07) is 4.16. The number of aromatic nitrogens is 2. The Kier molecular flexibility index (Phi) is 2.92. The molecule has 0 radical (unpaired) electrons. The number of phenols is 2. The lowest BCUT2D eigenvalue weighted by Crippen LogP contribution is -2.11. The SMILES string of the molecule is Cc1nnc(NC(=O)c2cccc(O)c2O)s1. The van der Waals surface area contributed by atoms with Gasteiger partial charge in [0.05, 0.1) is 5.56 Å². The van der Waals surface area contributed by atoms with Gasteiger partial charge in [-0.2, -0.15) is 0 Å². The van der Waals surface area contributed by atoms with E-state index in [0.717, 1.165) is 5.01 Å². The summed E-state index contributed by atoms with van der Waals surface area (Å²) in [5, 5.41) is 29.8. The predicted octanol–water partition coefficient (Wildman–Crippen LogP) is 1.51. The van der Waals surface area contributed by atoms with Crippen LogP contribution in [0.25, 0.3) is 0 Å². The highest BCUT2D eigenvalue weighted by Crippen LogP contribution is 2.28. The first-order valence-electron chi connectivity index (χ1n) is 4.70. The van der Waals surface area contributed by atoms with Gasteiger partial charge >= 0.3 is 0 Å². The Morgan fingerprint density at radius 2 is 2.12 bits per heavy atom. The molecule has 6 nitrogen and oxygen atoms in total. The molecule has 0 fully saturated rings. The first-order valence-corrected chi connectivity index (χ1v) is 5.52. The van der Waals surface area contributed by atoms with E-state index in [0.29, 0.717) is 5.13 Å². The Labute approximate surface area is 101 Å². The fourth-order valence-corrected chi connectivity index (χ4v) is 1.81. The monoisotopic (exact) mass is 251 g/mol. The highest BCUT2D eigenvalue weighted by atomic mass is 32.1. The lowest BCUT2D eigenvalue weighted by atomic mass is 10.2. The van der Waals surface area contributed by atoms with Gasteiger partial charge in [-0.3, -0.25) is 10.1 Å². The Balaban J connectivity index is 2.23. The maximum atomic E-state index is 11.8. The summed E-state index contributed by atoms with van der Waals surface area (Å²) < 4.78 is 0. The number of amides is 1. The van der Waals surface area contributed by atoms with Crippen LogP contribution in [0, 0.1) is 6.92 Å². The molecule has 0 bridgehead atoms. The van der Waals surface area contributed by atoms with Crippen molar-refractivity contribution >= 4 is 22.4 Å². The van der Waals surface area contributed by atoms with Crippen LogP contribution in [0.4, 0.5) is 5.13 Å². The minimum absolute atomic E-state index is 0.0159. The molecular weight excluding hydrogens is 242 g/mol. The summed E-state index contributed by atoms with van der Waals surface area (Å²) in [5.74, 6) is -1.34. The maximum Gasteiger partial charge on any atom is 0.261 e. The van der Waals surface area contributed by atoms with Crippen LogP contribution in [0.5, 0.6) is 11.5 Å². The molecular formula is C10H9N3O3S. The normalized spacial score (nSPS) is 10.2. The molecule has 3 N–H and O–H groups in total. The number of phenolic OH excluding ortho intramolecular Hbond substituents is 2. The summed E-state index contributed by atoms with van der Waals surface area (Å²) in [5.41, 5.74) is -0.0159. The number of para-hydroxylation sites is 1. The number of nitrogens with zero attached hydrogens (tertiary/aromatic N) is 2. The van der Waals surface area contributed by atoms with Crippen molar-refractivity contribution in [3.8, 4) is 11.5 Å². The molecule has 0 unspecified atom stereocenters. The van der Waals surface area contributed by atoms with Crippen molar-refractivity contribution in [1.82, 2.24) is 10.2 Å². The fourth-order valence-electron chi connectivity index (χ4n) is 1.23. The lowest BCUT2D eigenvalue weighted by Gasteiger charge is -2.04. The van der Waals surface area contributed by atoms with E-state index in [2.05, 4.69) is 15.5 Å². The molecule has 1 aromatic carbocycles. The topological polar surface area (TPSA) is 95.3 Å². The zero-order valence-corrected chi connectivity index (χ0v) is 9.65. The van der Waals surface area contributed by atoms with Crippen LogP contribution in [0.1, 0.15) is 15.4 Å². The molecule has 0 aliphatic heterocycles. The Morgan fingerprint density at radius 3 is 2.76 bits per heavy atom. The van der Waals surface area contributed by atoms with Gasteiger partial charge in [0.2, 0.25) is 5.13 Å². The first kappa shape index (κ1) is 11.3. The van der Waals surface area contributed by atoms with Crippen molar-refractivity contribution in [2.45, 2.75) is 6.92 Å². The van der Waals surface area contributed by atoms with E-state index < -0.39 is 11.7 Å². The average molecular weight is 251 g/mol. The smallest absolute Gasteiger partial charge is 0.261 e. The number of carbonyl (C=O) groups excluding carboxylic acids is 1. The molecule has 7 heteroatoms. The van der Waals surface area contributed by atoms with Gasteiger partial charge in [0.25, 0.3) is 5.91 Å². The second-order valence-electron chi connectivity index (χ2n) is 3.25. The first-order chi connectivity index (χ1) is 8.08. The van der Waals surface area contributed by atoms with Crippen molar-refractivity contribution < 1.29 is 15.0 Å². The summed E-state index contributed by atoms with van der Waals surface area (Å²) in [6.45, 7) is 1.76. The van der Waals surface area contributed by atoms with Gasteiger partial charge in [-0.15, -0.1) is 10.2 Å². The highest BCUT2D eigenvalue weighted by Gasteiger charge is 2.15. The van der Waals surface area contributed by atoms with Gasteiger partial charge in [0.15, 0.2) is 11.5 Å². The minimum Gasteiger partial charge on any atom is -0.504 e. The number of anilines is 1. The second-order valence-corrected chi connectivity index (χ2v) is 4.44. The van der Waals surface area contributed by atoms with Gasteiger partial charge in [0, 0.05) is 0 Å². The second kappa shape index (κ2) is 4.38. The minimum atomic E-state index is -0.547. The molecule has 17 heavy (non-hydrogen) atoms. The molecule has 0 spiro atoms. The molecule has 88 valence electrons. The number of aryl methyl sites for hydroxylation is 1. The lowest BCUT2D eigenvalue weighted by molar-refractivity contribution is 0.102. The molecule has 1 aromatic heterocycles. The van der Waals surface area contributed by atoms with E-state index in [1.54, 1.807) is 6.92 Å². The van der Waals surface area contributed by atoms with E-state index >= 15 is 0 Å². The number of nitrogens with one attached hydrogen (secondary N) is 1. The zero-order valence-electron chi connectivity index (χ0n) is 8.84. The fraction of sp³-hybridized carbons (Fsp3) is 0.100. The predicted molar refractivity (Wildman–Crippen MR) is 62.4 cm³/mol. The summed E-state index contributed by atoms with van der Waals surface area (Å²) in [6.07, 6.45) is 0. The van der Waals surface area contributed by atoms with Crippen LogP contribution < -0.4 is 5.32 Å². The van der Waals surface area contributed by atoms with E-state index in [4.69, 9.17) is 0 Å². The molecule has 0 atom stereocenters. The van der Waals surface area contributed by atoms with Crippen molar-refractivity contribution in [3.63, 3.8) is 0 Å². The standard InChI is InChI=1S/C10H9N3O3S/c1-5-12-13-10(17-5)11-9(16)6-3-2-4-7(14)8(6)15/h2-4,14-15H,1H3,(H,11,13,16). The van der Waals surface area contributed by atoms with Gasteiger partial charge in [-0.05, 0) is 19.1 Å². The molecule has 0 saturated carbocycles. The molecule has 1 heterocycles. The Bertz CT molecular complexity index is 568. The third-order valence-corrected chi connectivity index (χ3v) is 2.76. The van der Waals surface area contributed by atoms with Crippen LogP contribution >= 0.6 is 11.3 Å². The van der Waals surface area contributed by atoms with Crippen LogP contribution in [0.3, 0.4) is 0 Å². The third-order valence-electron chi connectivity index (χ3n) is 2.01. The number of rotatable bonds is 2. The van der Waals surface area contributed by atoms with Gasteiger partial charge < -0.3 is 10.2 Å². The van der Waals surface area contributed by atoms with Gasteiger partial charge in [-0.25, -0.2) is 0 Å². The number of carbonyl (C=O) groups is 1. The van der Waals surface area contributed by atoms with Crippen LogP contribution in [-0.4, -0.2) is 26.3 Å². The van der Waals surface area contributed by atoms with E-state index in [-0.39, 0.29) is 11.3 Å². The number of hydrogen-bond acceptors (Lipinski definition) is 6. The van der Waals surface area contributed by atoms with Crippen LogP contribution in [0.2, 0.25) is 0 Å². The average Bonchev–Trinajstić information content (AvgIpc) is 2.68. The largest absolute Gasteiger partial charge is 0.504 e. The quantitative estimate of drug-likeness (QED) is 0.703. The molecule has 0 aliphatic rings. The zero-order chi connectivity index (χ0) is 12.4. The van der Waals surface area contributed by atoms with Crippen LogP contribution in [0.15, 0.2) is 18.2 Å². The Hall–Kier alpha value is -2.15. The van der Waals surface area contributed by atoms with Crippen LogP contribution in [-0.2, 0) is 0 Å². The number of benzene rings is 1. The number of aromatic hydroxyl groups is 2. The summed E-state index contributed by atoms with van der Waals surface area (Å²) in [4.78, 5) is 11.8. The van der Waals surface area contributed by atoms with E-state index in [1.807, 2.05) is 0 Å². The molecule has 0 saturated heterocycles. The van der Waals surface area contributed by atoms with Crippen molar-refractivity contribution in [2.75, 3.05) is 5.32 Å². The van der Waals surface area contributed by atoms with Gasteiger partial charge in [-0.1, -0.05) is 17.4 Å². The number of hydrogen-bond donors (Lipinski definition) is 3. The van der Waals surface area contributed by atoms with Crippen molar-refractivity contribution in [2.24, 2.45) is 0 Å². The third kappa shape index (κ3) is 2.34. The van der Waals surface area contributed by atoms with Crippen molar-refractivity contribution in [3.05, 3.63) is 28.8 Å². The highest BCUT2D eigenvalue weighted by molar-refractivity contribution is 7.15. The van der Waals surface area contributed by atoms with Crippen molar-refractivity contribution in [1.29, 1.82) is 0 Å². The summed E-state index contributed by atoms with van der Waals surface area (Å²) in [7, 11) is 0. The Morgan fingerprint density at radius 1 is 1.35 bits per heavy atom. The molecule has 0 aliphatic carbocycles.